The van der Waals surface area contributed by atoms with Crippen LogP contribution in [0.4, 0.5) is 14.9 Å². The standard InChI is InChI=1S/C29H41FN2O6SSi/c1-28(2,3)37-27(34)32-18-20(38-40(8,9)29(4,5)6)17-24(32)26(33)31-23-15-14-19(16-22(23)30)21-12-10-11-13-25(21)39(7,35)36/h10-16,20,24H,17-18H2,1-9H3,(H,31,33)/t20-,24-/m1/s1. The number of rotatable bonds is 6. The summed E-state index contributed by atoms with van der Waals surface area (Å²) in [5, 5.41) is 2.55. The number of anilines is 1. The summed E-state index contributed by atoms with van der Waals surface area (Å²) in [4.78, 5) is 28.0. The molecular weight excluding hydrogens is 551 g/mol. The number of carbonyl (C=O) groups excluding carboxylic acids is 2. The van der Waals surface area contributed by atoms with Gasteiger partial charge in [-0.15, -0.1) is 0 Å². The molecule has 0 spiro atoms. The van der Waals surface area contributed by atoms with Crippen molar-refractivity contribution in [3.8, 4) is 11.1 Å². The molecule has 0 radical (unpaired) electrons. The van der Waals surface area contributed by atoms with E-state index < -0.39 is 47.6 Å². The first-order valence-electron chi connectivity index (χ1n) is 13.3. The zero-order valence-electron chi connectivity index (χ0n) is 24.8. The summed E-state index contributed by atoms with van der Waals surface area (Å²) in [5.41, 5.74) is -0.126. The quantitative estimate of drug-likeness (QED) is 0.399. The van der Waals surface area contributed by atoms with Crippen molar-refractivity contribution in [2.45, 2.75) is 88.7 Å². The number of nitrogens with zero attached hydrogens (tertiary/aromatic N) is 1. The first kappa shape index (κ1) is 31.8. The lowest BCUT2D eigenvalue weighted by molar-refractivity contribution is -0.120. The van der Waals surface area contributed by atoms with Crippen molar-refractivity contribution >= 4 is 35.8 Å². The smallest absolute Gasteiger partial charge is 0.411 e. The number of likely N-dealkylation sites (tertiary alicyclic amines) is 1. The highest BCUT2D eigenvalue weighted by atomic mass is 32.2. The maximum Gasteiger partial charge on any atom is 0.411 e. The molecule has 2 aromatic carbocycles. The van der Waals surface area contributed by atoms with Crippen molar-refractivity contribution in [2.24, 2.45) is 0 Å². The van der Waals surface area contributed by atoms with Crippen LogP contribution in [0.2, 0.25) is 18.1 Å². The van der Waals surface area contributed by atoms with E-state index in [1.165, 1.54) is 23.1 Å². The predicted octanol–water partition coefficient (Wildman–Crippen LogP) is 6.23. The molecule has 1 saturated heterocycles. The largest absolute Gasteiger partial charge is 0.444 e. The molecule has 2 atom stereocenters. The Morgan fingerprint density at radius 1 is 1.05 bits per heavy atom. The molecule has 0 bridgehead atoms. The molecule has 0 aromatic heterocycles. The second-order valence-electron chi connectivity index (χ2n) is 12.8. The summed E-state index contributed by atoms with van der Waals surface area (Å²) in [6.07, 6.45) is 0.335. The van der Waals surface area contributed by atoms with Crippen LogP contribution in [-0.4, -0.2) is 64.2 Å². The minimum atomic E-state index is -3.54. The number of amides is 2. The van der Waals surface area contributed by atoms with Gasteiger partial charge in [-0.1, -0.05) is 45.0 Å². The average molecular weight is 593 g/mol. The molecule has 3 rings (SSSR count). The SMILES string of the molecule is CC(C)(C)OC(=O)N1C[C@H](O[Si](C)(C)C(C)(C)C)C[C@@H]1C(=O)Nc1ccc(-c2ccccc2S(C)(=O)=O)cc1F. The molecular formula is C29H41FN2O6SSi. The zero-order valence-corrected chi connectivity index (χ0v) is 26.6. The Bertz CT molecular complexity index is 1380. The highest BCUT2D eigenvalue weighted by Gasteiger charge is 2.46. The molecule has 1 fully saturated rings. The fourth-order valence-corrected chi connectivity index (χ4v) is 6.54. The van der Waals surface area contributed by atoms with Gasteiger partial charge in [0, 0.05) is 24.8 Å². The molecule has 11 heteroatoms. The Morgan fingerprint density at radius 2 is 1.68 bits per heavy atom. The number of sulfone groups is 1. The fraction of sp³-hybridized carbons (Fsp3) is 0.517. The fourth-order valence-electron chi connectivity index (χ4n) is 4.28. The molecule has 40 heavy (non-hydrogen) atoms. The van der Waals surface area contributed by atoms with Gasteiger partial charge in [0.15, 0.2) is 18.2 Å². The second kappa shape index (κ2) is 11.3. The van der Waals surface area contributed by atoms with Crippen LogP contribution in [0.25, 0.3) is 11.1 Å². The van der Waals surface area contributed by atoms with Crippen LogP contribution in [0.1, 0.15) is 48.0 Å². The van der Waals surface area contributed by atoms with Crippen LogP contribution >= 0.6 is 0 Å². The maximum absolute atomic E-state index is 15.2. The third-order valence-electron chi connectivity index (χ3n) is 7.29. The third-order valence-corrected chi connectivity index (χ3v) is 13.0. The van der Waals surface area contributed by atoms with Crippen molar-refractivity contribution in [2.75, 3.05) is 18.1 Å². The molecule has 0 saturated carbocycles. The minimum absolute atomic E-state index is 0.0648. The van der Waals surface area contributed by atoms with E-state index in [4.69, 9.17) is 9.16 Å². The summed E-state index contributed by atoms with van der Waals surface area (Å²) < 4.78 is 51.7. The third kappa shape index (κ3) is 7.49. The number of benzene rings is 2. The molecule has 2 amide bonds. The van der Waals surface area contributed by atoms with Gasteiger partial charge < -0.3 is 14.5 Å². The summed E-state index contributed by atoms with van der Waals surface area (Å²) in [6.45, 7) is 16.0. The van der Waals surface area contributed by atoms with Crippen molar-refractivity contribution in [1.82, 2.24) is 4.90 Å². The van der Waals surface area contributed by atoms with E-state index in [1.54, 1.807) is 45.0 Å². The number of hydrogen-bond donors (Lipinski definition) is 1. The highest BCUT2D eigenvalue weighted by molar-refractivity contribution is 7.90. The van der Waals surface area contributed by atoms with Gasteiger partial charge >= 0.3 is 6.09 Å². The van der Waals surface area contributed by atoms with E-state index in [9.17, 15) is 18.0 Å². The van der Waals surface area contributed by atoms with Crippen molar-refractivity contribution in [1.29, 1.82) is 0 Å². The Hall–Kier alpha value is -2.76. The van der Waals surface area contributed by atoms with E-state index in [1.807, 2.05) is 0 Å². The van der Waals surface area contributed by atoms with Gasteiger partial charge in [-0.2, -0.15) is 0 Å². The number of hydrogen-bond acceptors (Lipinski definition) is 6. The molecule has 0 unspecified atom stereocenters. The normalized spacial score (nSPS) is 18.5. The molecule has 0 aliphatic carbocycles. The minimum Gasteiger partial charge on any atom is -0.444 e. The number of carbonyl (C=O) groups is 2. The Kier molecular flexibility index (Phi) is 8.93. The van der Waals surface area contributed by atoms with Crippen LogP contribution in [0.5, 0.6) is 0 Å². The summed E-state index contributed by atoms with van der Waals surface area (Å²) >= 11 is 0. The Labute approximate surface area is 238 Å². The van der Waals surface area contributed by atoms with Crippen molar-refractivity contribution < 1.29 is 31.6 Å². The van der Waals surface area contributed by atoms with Crippen LogP contribution in [0, 0.1) is 5.82 Å². The molecule has 220 valence electrons. The monoisotopic (exact) mass is 592 g/mol. The average Bonchev–Trinajstić information content (AvgIpc) is 3.21. The lowest BCUT2D eigenvalue weighted by Crippen LogP contribution is -2.46. The number of halogens is 1. The van der Waals surface area contributed by atoms with Crippen molar-refractivity contribution in [3.63, 3.8) is 0 Å². The maximum atomic E-state index is 15.2. The van der Waals surface area contributed by atoms with Gasteiger partial charge in [-0.05, 0) is 62.7 Å². The van der Waals surface area contributed by atoms with Crippen LogP contribution < -0.4 is 5.32 Å². The molecule has 1 aliphatic rings. The van der Waals surface area contributed by atoms with Gasteiger partial charge in [-0.25, -0.2) is 17.6 Å². The van der Waals surface area contributed by atoms with Crippen molar-refractivity contribution in [3.05, 3.63) is 48.3 Å². The molecule has 1 N–H and O–H groups in total. The van der Waals surface area contributed by atoms with E-state index in [2.05, 4.69) is 39.2 Å². The van der Waals surface area contributed by atoms with Gasteiger partial charge in [-0.3, -0.25) is 9.69 Å². The summed E-state index contributed by atoms with van der Waals surface area (Å²) in [6, 6.07) is 9.54. The molecule has 1 aliphatic heterocycles. The lowest BCUT2D eigenvalue weighted by Gasteiger charge is -2.38. The highest BCUT2D eigenvalue weighted by Crippen LogP contribution is 2.39. The lowest BCUT2D eigenvalue weighted by atomic mass is 10.0. The van der Waals surface area contributed by atoms with E-state index in [0.29, 0.717) is 11.1 Å². The van der Waals surface area contributed by atoms with Crippen LogP contribution in [-0.2, 0) is 23.8 Å². The Morgan fingerprint density at radius 3 is 2.23 bits per heavy atom. The van der Waals surface area contributed by atoms with Gasteiger partial charge in [0.05, 0.1) is 16.7 Å². The Balaban J connectivity index is 1.87. The number of nitrogens with one attached hydrogen (secondary N) is 1. The second-order valence-corrected chi connectivity index (χ2v) is 19.6. The molecule has 2 aromatic rings. The van der Waals surface area contributed by atoms with Gasteiger partial charge in [0.25, 0.3) is 0 Å². The van der Waals surface area contributed by atoms with E-state index in [-0.39, 0.29) is 34.7 Å². The first-order valence-corrected chi connectivity index (χ1v) is 18.1. The predicted molar refractivity (Wildman–Crippen MR) is 157 cm³/mol. The van der Waals surface area contributed by atoms with E-state index >= 15 is 4.39 Å². The zero-order chi connectivity index (χ0) is 30.3. The first-order chi connectivity index (χ1) is 18.2. The summed E-state index contributed by atoms with van der Waals surface area (Å²) in [7, 11) is -5.74. The van der Waals surface area contributed by atoms with Gasteiger partial charge in [0.1, 0.15) is 17.5 Å². The van der Waals surface area contributed by atoms with E-state index in [0.717, 1.165) is 6.26 Å². The summed E-state index contributed by atoms with van der Waals surface area (Å²) in [5.74, 6) is -1.29. The van der Waals surface area contributed by atoms with Crippen LogP contribution in [0.3, 0.4) is 0 Å². The molecule has 8 nitrogen and oxygen atoms in total. The topological polar surface area (TPSA) is 102 Å². The molecule has 1 heterocycles. The van der Waals surface area contributed by atoms with Gasteiger partial charge in [0.2, 0.25) is 5.91 Å². The number of ether oxygens (including phenoxy) is 1. The van der Waals surface area contributed by atoms with Crippen LogP contribution in [0.15, 0.2) is 47.4 Å².